The van der Waals surface area contributed by atoms with E-state index >= 15 is 0 Å². The number of hydrogen-bond acceptors (Lipinski definition) is 22. The summed E-state index contributed by atoms with van der Waals surface area (Å²) in [6.45, 7) is 10.9. The number of carboxylic acid groups (broad SMARTS) is 2. The van der Waals surface area contributed by atoms with Crippen molar-refractivity contribution in [2.75, 3.05) is 19.8 Å². The van der Waals surface area contributed by atoms with Crippen LogP contribution in [0.4, 0.5) is 0 Å². The molecule has 0 spiro atoms. The summed E-state index contributed by atoms with van der Waals surface area (Å²) in [6, 6.07) is 0. The first kappa shape index (κ1) is 59.2. The van der Waals surface area contributed by atoms with Gasteiger partial charge in [0, 0.05) is 0 Å². The van der Waals surface area contributed by atoms with E-state index in [9.17, 15) is 80.8 Å². The van der Waals surface area contributed by atoms with E-state index in [4.69, 9.17) is 37.9 Å². The van der Waals surface area contributed by atoms with Gasteiger partial charge in [0.15, 0.2) is 31.3 Å². The zero-order valence-corrected chi connectivity index (χ0v) is 44.4. The third kappa shape index (κ3) is 9.66. The van der Waals surface area contributed by atoms with E-state index in [0.717, 1.165) is 32.0 Å². The predicted molar refractivity (Wildman–Crippen MR) is 258 cm³/mol. The van der Waals surface area contributed by atoms with Crippen LogP contribution >= 0.6 is 0 Å². The second-order valence-electron chi connectivity index (χ2n) is 25.6. The number of carboxylic acids is 2. The summed E-state index contributed by atoms with van der Waals surface area (Å²) in [5, 5.41) is 140. The number of aliphatic carboxylic acids is 2. The molecular weight excluding hydrogens is 1020 g/mol. The average Bonchev–Trinajstić information content (AvgIpc) is 3.51. The van der Waals surface area contributed by atoms with Crippen LogP contribution < -0.4 is 0 Å². The van der Waals surface area contributed by atoms with Gasteiger partial charge in [-0.05, 0) is 104 Å². The van der Waals surface area contributed by atoms with Gasteiger partial charge in [-0.1, -0.05) is 53.2 Å². The van der Waals surface area contributed by atoms with Crippen LogP contribution in [0.5, 0.6) is 0 Å². The Bertz CT molecular complexity index is 2200. The molecule has 0 aromatic rings. The maximum atomic E-state index is 13.9. The van der Waals surface area contributed by atoms with Crippen molar-refractivity contribution in [2.45, 2.75) is 229 Å². The van der Waals surface area contributed by atoms with Gasteiger partial charge in [0.2, 0.25) is 0 Å². The molecule has 9 aliphatic rings. The van der Waals surface area contributed by atoms with Gasteiger partial charge in [-0.2, -0.15) is 0 Å². The molecule has 438 valence electrons. The van der Waals surface area contributed by atoms with Gasteiger partial charge in [0.25, 0.3) is 0 Å². The number of allylic oxidation sites excluding steroid dienone is 2. The number of aldehydes is 1. The lowest BCUT2D eigenvalue weighted by Crippen LogP contribution is -2.68. The van der Waals surface area contributed by atoms with Crippen molar-refractivity contribution in [2.24, 2.45) is 50.2 Å². The molecule has 77 heavy (non-hydrogen) atoms. The van der Waals surface area contributed by atoms with Gasteiger partial charge >= 0.3 is 11.9 Å². The van der Waals surface area contributed by atoms with E-state index < -0.39 is 171 Å². The van der Waals surface area contributed by atoms with Crippen LogP contribution in [0.1, 0.15) is 106 Å². The van der Waals surface area contributed by atoms with Crippen LogP contribution in [0.15, 0.2) is 11.6 Å². The van der Waals surface area contributed by atoms with Gasteiger partial charge in [-0.3, -0.25) is 4.79 Å². The molecule has 4 aliphatic heterocycles. The zero-order valence-electron chi connectivity index (χ0n) is 44.4. The van der Waals surface area contributed by atoms with Gasteiger partial charge in [0.05, 0.1) is 36.8 Å². The van der Waals surface area contributed by atoms with E-state index in [1.54, 1.807) is 6.92 Å². The predicted octanol–water partition coefficient (Wildman–Crippen LogP) is -1.56. The van der Waals surface area contributed by atoms with Crippen molar-refractivity contribution in [3.05, 3.63) is 11.6 Å². The molecule has 4 saturated heterocycles. The molecule has 28 atom stereocenters. The van der Waals surface area contributed by atoms with Crippen LogP contribution in [0.25, 0.3) is 0 Å². The third-order valence-electron chi connectivity index (χ3n) is 21.0. The van der Waals surface area contributed by atoms with Crippen molar-refractivity contribution in [1.29, 1.82) is 0 Å². The monoisotopic (exact) mass is 1100 g/mol. The quantitative estimate of drug-likeness (QED) is 0.0563. The van der Waals surface area contributed by atoms with Crippen LogP contribution in [0.2, 0.25) is 0 Å². The summed E-state index contributed by atoms with van der Waals surface area (Å²) in [6.07, 6.45) is -27.6. The number of aliphatic hydroxyl groups is 11. The first-order valence-corrected chi connectivity index (χ1v) is 27.2. The van der Waals surface area contributed by atoms with Crippen LogP contribution in [0, 0.1) is 50.2 Å². The third-order valence-corrected chi connectivity index (χ3v) is 21.0. The number of fused-ring (bicyclic) bond motifs is 7. The van der Waals surface area contributed by atoms with Crippen molar-refractivity contribution >= 4 is 18.2 Å². The van der Waals surface area contributed by atoms with E-state index in [1.165, 1.54) is 5.57 Å². The maximum absolute atomic E-state index is 13.9. The molecular formula is C53H82O24. The Labute approximate surface area is 446 Å². The summed E-state index contributed by atoms with van der Waals surface area (Å²) in [5.41, 5.74) is -1.90. The molecule has 28 unspecified atom stereocenters. The number of carbonyl (C=O) groups excluding carboxylic acids is 1. The Kier molecular flexibility index (Phi) is 16.5. The largest absolute Gasteiger partial charge is 0.481 e. The molecule has 4 saturated carbocycles. The molecule has 4 heterocycles. The summed E-state index contributed by atoms with van der Waals surface area (Å²) in [5.74, 6) is -2.78. The Balaban J connectivity index is 0.984. The van der Waals surface area contributed by atoms with Crippen molar-refractivity contribution in [1.82, 2.24) is 0 Å². The highest BCUT2D eigenvalue weighted by Crippen LogP contribution is 2.76. The van der Waals surface area contributed by atoms with Crippen molar-refractivity contribution in [3.63, 3.8) is 0 Å². The molecule has 8 fully saturated rings. The highest BCUT2D eigenvalue weighted by Gasteiger charge is 2.71. The van der Waals surface area contributed by atoms with E-state index in [0.29, 0.717) is 32.1 Å². The Morgan fingerprint density at radius 3 is 1.91 bits per heavy atom. The van der Waals surface area contributed by atoms with Crippen molar-refractivity contribution in [3.8, 4) is 0 Å². The molecule has 24 nitrogen and oxygen atoms in total. The number of hydrogen-bond donors (Lipinski definition) is 13. The minimum Gasteiger partial charge on any atom is -0.481 e. The van der Waals surface area contributed by atoms with E-state index in [2.05, 4.69) is 40.7 Å². The van der Waals surface area contributed by atoms with Crippen LogP contribution in [-0.2, 0) is 52.3 Å². The number of ether oxygens (including phenoxy) is 8. The number of carbonyl (C=O) groups is 3. The van der Waals surface area contributed by atoms with Crippen molar-refractivity contribution < 1.29 is 119 Å². The number of aliphatic hydroxyl groups excluding tert-OH is 11. The minimum absolute atomic E-state index is 0.0210. The Morgan fingerprint density at radius 2 is 1.26 bits per heavy atom. The highest BCUT2D eigenvalue weighted by atomic mass is 16.8. The molecule has 0 aromatic heterocycles. The van der Waals surface area contributed by atoms with E-state index in [1.807, 2.05) is 0 Å². The van der Waals surface area contributed by atoms with Gasteiger partial charge in [-0.15, -0.1) is 0 Å². The zero-order chi connectivity index (χ0) is 56.3. The maximum Gasteiger partial charge on any atom is 0.335 e. The van der Waals surface area contributed by atoms with Gasteiger partial charge in [0.1, 0.15) is 91.7 Å². The first-order valence-electron chi connectivity index (χ1n) is 27.2. The molecule has 0 amide bonds. The minimum atomic E-state index is -2.17. The lowest BCUT2D eigenvalue weighted by atomic mass is 9.33. The molecule has 5 aliphatic carbocycles. The van der Waals surface area contributed by atoms with Crippen LogP contribution in [-0.4, -0.2) is 227 Å². The fourth-order valence-corrected chi connectivity index (χ4v) is 16.1. The summed E-state index contributed by atoms with van der Waals surface area (Å²) in [4.78, 5) is 40.3. The van der Waals surface area contributed by atoms with Crippen LogP contribution in [0.3, 0.4) is 0 Å². The molecule has 0 aromatic carbocycles. The Hall–Kier alpha value is -2.41. The molecule has 13 N–H and O–H groups in total. The average molecular weight is 1100 g/mol. The SMILES string of the molecule is CC1(C)CCC2(C(=O)O)CCC3(C)C(=CCC4C5(C)CCC(OC6OC(C(=O)O)C(OC7OCC(O)C(O)C7O)C(OC7OC(COC8OC(CO)C(O)C(O)C8O)C(O)C(O)C7O)C6O)C(C)(C=O)C5CCC43C)C2C1. The smallest absolute Gasteiger partial charge is 0.335 e. The first-order chi connectivity index (χ1) is 36.0. The molecule has 0 bridgehead atoms. The second-order valence-corrected chi connectivity index (χ2v) is 25.6. The lowest BCUT2D eigenvalue weighted by molar-refractivity contribution is -0.386. The van der Waals surface area contributed by atoms with E-state index in [-0.39, 0.29) is 40.4 Å². The molecule has 24 heteroatoms. The summed E-state index contributed by atoms with van der Waals surface area (Å²) in [7, 11) is 0. The standard InChI is InChI=1S/C53H82O24/c1-48(2)13-15-53(47(68)69)16-14-51(5)22(23(53)17-48)7-8-28-49(3)11-10-29(50(4,21-55)27(49)9-12-52(28,51)6)74-46-38(65)39(40(41(77-46)42(66)67)76-44-35(62)30(57)24(56)19-70-44)75-45-37(64)34(61)32(59)26(73-45)20-71-43-36(63)33(60)31(58)25(18-54)72-43/h7,21,23-41,43-46,54,56-65H,8-20H2,1-6H3,(H,66,67)(H,68,69). The topological polar surface area (TPSA) is 388 Å². The summed E-state index contributed by atoms with van der Waals surface area (Å²) < 4.78 is 46.9. The second kappa shape index (κ2) is 21.4. The number of rotatable bonds is 13. The molecule has 0 radical (unpaired) electrons. The Morgan fingerprint density at radius 1 is 0.649 bits per heavy atom. The highest BCUT2D eigenvalue weighted by molar-refractivity contribution is 5.77. The molecule has 9 rings (SSSR count). The fraction of sp³-hybridized carbons (Fsp3) is 0.906. The van der Waals surface area contributed by atoms with Gasteiger partial charge in [-0.25, -0.2) is 4.79 Å². The normalized spacial score (nSPS) is 53.6. The fourth-order valence-electron chi connectivity index (χ4n) is 16.1. The summed E-state index contributed by atoms with van der Waals surface area (Å²) >= 11 is 0. The lowest BCUT2D eigenvalue weighted by Gasteiger charge is -2.71. The van der Waals surface area contributed by atoms with Gasteiger partial charge < -0.3 is 109 Å².